The molecule has 0 atom stereocenters. The number of thioether (sulfide) groups is 1. The van der Waals surface area contributed by atoms with Crippen molar-refractivity contribution in [3.05, 3.63) is 76.2 Å². The first kappa shape index (κ1) is 19.4. The summed E-state index contributed by atoms with van der Waals surface area (Å²) in [5, 5.41) is 14.3. The molecule has 2 heterocycles. The van der Waals surface area contributed by atoms with Gasteiger partial charge in [-0.1, -0.05) is 47.7 Å². The van der Waals surface area contributed by atoms with E-state index < -0.39 is 0 Å². The van der Waals surface area contributed by atoms with E-state index in [-0.39, 0.29) is 12.3 Å². The molecule has 0 aliphatic carbocycles. The number of benzene rings is 2. The highest BCUT2D eigenvalue weighted by Gasteiger charge is 2.12. The number of hydrogen-bond donors (Lipinski definition) is 1. The maximum atomic E-state index is 12.2. The lowest BCUT2D eigenvalue weighted by atomic mass is 10.2. The zero-order valence-corrected chi connectivity index (χ0v) is 17.3. The molecule has 29 heavy (non-hydrogen) atoms. The van der Waals surface area contributed by atoms with Gasteiger partial charge < -0.3 is 9.73 Å². The van der Waals surface area contributed by atoms with Crippen molar-refractivity contribution < 1.29 is 9.21 Å². The van der Waals surface area contributed by atoms with Crippen molar-refractivity contribution in [1.82, 2.24) is 15.2 Å². The van der Waals surface area contributed by atoms with Crippen molar-refractivity contribution in [2.45, 2.75) is 24.3 Å². The first-order chi connectivity index (χ1) is 14.2. The number of carbonyl (C=O) groups is 1. The van der Waals surface area contributed by atoms with Gasteiger partial charge in [0.15, 0.2) is 0 Å². The van der Waals surface area contributed by atoms with E-state index in [0.717, 1.165) is 27.5 Å². The lowest BCUT2D eigenvalue weighted by Gasteiger charge is -2.04. The molecule has 8 heteroatoms. The van der Waals surface area contributed by atoms with Gasteiger partial charge >= 0.3 is 0 Å². The molecule has 0 saturated heterocycles. The molecule has 0 spiro atoms. The summed E-state index contributed by atoms with van der Waals surface area (Å²) in [6.07, 6.45) is 0.252. The second kappa shape index (κ2) is 9.02. The lowest BCUT2D eigenvalue weighted by Crippen LogP contribution is -2.14. The highest BCUT2D eigenvalue weighted by atomic mass is 32.2. The minimum Gasteiger partial charge on any atom is -0.411 e. The van der Waals surface area contributed by atoms with Crippen LogP contribution in [-0.2, 0) is 17.0 Å². The molecule has 6 nitrogen and oxygen atoms in total. The monoisotopic (exact) mass is 422 g/mol. The summed E-state index contributed by atoms with van der Waals surface area (Å²) in [5.41, 5.74) is 3.72. The van der Waals surface area contributed by atoms with E-state index in [2.05, 4.69) is 20.5 Å². The zero-order valence-electron chi connectivity index (χ0n) is 15.7. The maximum Gasteiger partial charge on any atom is 0.277 e. The van der Waals surface area contributed by atoms with Crippen LogP contribution >= 0.6 is 23.1 Å². The fourth-order valence-electron chi connectivity index (χ4n) is 2.58. The van der Waals surface area contributed by atoms with Crippen molar-refractivity contribution in [3.63, 3.8) is 0 Å². The number of aryl methyl sites for hydroxylation is 1. The Morgan fingerprint density at radius 3 is 2.69 bits per heavy atom. The summed E-state index contributed by atoms with van der Waals surface area (Å²) in [4.78, 5) is 16.7. The Morgan fingerprint density at radius 2 is 1.90 bits per heavy atom. The second-order valence-corrected chi connectivity index (χ2v) is 8.22. The predicted octanol–water partition coefficient (Wildman–Crippen LogP) is 4.98. The maximum absolute atomic E-state index is 12.2. The third-order valence-corrected chi connectivity index (χ3v) is 5.77. The zero-order chi connectivity index (χ0) is 20.1. The normalized spacial score (nSPS) is 10.8. The third-order valence-electron chi connectivity index (χ3n) is 4.02. The van der Waals surface area contributed by atoms with Crippen LogP contribution in [0.1, 0.15) is 16.3 Å². The molecule has 146 valence electrons. The number of aromatic nitrogens is 3. The molecule has 4 rings (SSSR count). The molecule has 0 saturated carbocycles. The van der Waals surface area contributed by atoms with Gasteiger partial charge in [0.2, 0.25) is 11.8 Å². The molecular weight excluding hydrogens is 404 g/mol. The van der Waals surface area contributed by atoms with Gasteiger partial charge in [-0.15, -0.1) is 21.5 Å². The molecule has 1 amide bonds. The Morgan fingerprint density at radius 1 is 1.10 bits per heavy atom. The molecule has 0 bridgehead atoms. The van der Waals surface area contributed by atoms with Crippen LogP contribution in [0.5, 0.6) is 0 Å². The van der Waals surface area contributed by atoms with Crippen LogP contribution in [0.2, 0.25) is 0 Å². The fourth-order valence-corrected chi connectivity index (χ4v) is 4.13. The summed E-state index contributed by atoms with van der Waals surface area (Å²) in [6, 6.07) is 17.4. The third kappa shape index (κ3) is 5.30. The van der Waals surface area contributed by atoms with Crippen LogP contribution in [0.4, 0.5) is 5.69 Å². The number of hydrogen-bond acceptors (Lipinski definition) is 7. The van der Waals surface area contributed by atoms with Crippen LogP contribution in [-0.4, -0.2) is 21.1 Å². The van der Waals surface area contributed by atoms with Gasteiger partial charge in [-0.05, 0) is 31.2 Å². The average molecular weight is 423 g/mol. The first-order valence-electron chi connectivity index (χ1n) is 8.97. The topological polar surface area (TPSA) is 80.9 Å². The van der Waals surface area contributed by atoms with Gasteiger partial charge in [0.1, 0.15) is 5.01 Å². The number of rotatable bonds is 7. The van der Waals surface area contributed by atoms with Crippen LogP contribution in [0, 0.1) is 6.92 Å². The van der Waals surface area contributed by atoms with Crippen molar-refractivity contribution in [2.24, 2.45) is 0 Å². The molecule has 2 aromatic carbocycles. The van der Waals surface area contributed by atoms with Crippen molar-refractivity contribution >= 4 is 34.7 Å². The van der Waals surface area contributed by atoms with E-state index in [0.29, 0.717) is 16.9 Å². The Kier molecular flexibility index (Phi) is 6.02. The Hall–Kier alpha value is -2.97. The molecule has 0 fully saturated rings. The summed E-state index contributed by atoms with van der Waals surface area (Å²) in [7, 11) is 0. The van der Waals surface area contributed by atoms with E-state index in [1.165, 1.54) is 23.1 Å². The Labute approximate surface area is 176 Å². The summed E-state index contributed by atoms with van der Waals surface area (Å²) >= 11 is 2.90. The Bertz CT molecular complexity index is 1090. The van der Waals surface area contributed by atoms with E-state index in [4.69, 9.17) is 4.42 Å². The smallest absolute Gasteiger partial charge is 0.277 e. The van der Waals surface area contributed by atoms with Gasteiger partial charge in [-0.3, -0.25) is 4.79 Å². The predicted molar refractivity (Wildman–Crippen MR) is 115 cm³/mol. The largest absolute Gasteiger partial charge is 0.411 e. The molecule has 1 N–H and O–H groups in total. The van der Waals surface area contributed by atoms with Gasteiger partial charge in [-0.2, -0.15) is 0 Å². The molecule has 0 aliphatic rings. The van der Waals surface area contributed by atoms with E-state index >= 15 is 0 Å². The van der Waals surface area contributed by atoms with Crippen LogP contribution < -0.4 is 5.32 Å². The highest BCUT2D eigenvalue weighted by Crippen LogP contribution is 2.26. The minimum atomic E-state index is -0.0770. The van der Waals surface area contributed by atoms with E-state index in [1.807, 2.05) is 66.9 Å². The number of carbonyl (C=O) groups excluding carboxylic acids is 1. The molecular formula is C21H18N4O2S2. The molecule has 2 aromatic heterocycles. The van der Waals surface area contributed by atoms with Gasteiger partial charge in [0, 0.05) is 22.4 Å². The number of amides is 1. The summed E-state index contributed by atoms with van der Waals surface area (Å²) < 4.78 is 5.69. The number of thiazole rings is 1. The van der Waals surface area contributed by atoms with Crippen molar-refractivity contribution in [2.75, 3.05) is 5.32 Å². The van der Waals surface area contributed by atoms with E-state index in [1.54, 1.807) is 0 Å². The first-order valence-corrected chi connectivity index (χ1v) is 10.8. The summed E-state index contributed by atoms with van der Waals surface area (Å²) in [6.45, 7) is 2.01. The van der Waals surface area contributed by atoms with Crippen molar-refractivity contribution in [1.29, 1.82) is 0 Å². The standard InChI is InChI=1S/C21H18N4O2S2/c1-14-7-9-16(10-8-14)22-18(26)11-19-23-17(12-28-19)13-29-21-25-24-20(27-21)15-5-3-2-4-6-15/h2-10,12H,11,13H2,1H3,(H,22,26). The highest BCUT2D eigenvalue weighted by molar-refractivity contribution is 7.98. The SMILES string of the molecule is Cc1ccc(NC(=O)Cc2nc(CSc3nnc(-c4ccccc4)o3)cs2)cc1. The number of nitrogens with zero attached hydrogens (tertiary/aromatic N) is 3. The fraction of sp³-hybridized carbons (Fsp3) is 0.143. The lowest BCUT2D eigenvalue weighted by molar-refractivity contribution is -0.115. The van der Waals surface area contributed by atoms with Crippen molar-refractivity contribution in [3.8, 4) is 11.5 Å². The van der Waals surface area contributed by atoms with Crippen LogP contribution in [0.3, 0.4) is 0 Å². The molecule has 0 aliphatic heterocycles. The minimum absolute atomic E-state index is 0.0770. The van der Waals surface area contributed by atoms with Gasteiger partial charge in [-0.25, -0.2) is 4.98 Å². The van der Waals surface area contributed by atoms with E-state index in [9.17, 15) is 4.79 Å². The second-order valence-electron chi connectivity index (χ2n) is 6.35. The van der Waals surface area contributed by atoms with Gasteiger partial charge in [0.05, 0.1) is 12.1 Å². The molecule has 4 aromatic rings. The van der Waals surface area contributed by atoms with Gasteiger partial charge in [0.25, 0.3) is 5.22 Å². The Balaban J connectivity index is 1.30. The van der Waals surface area contributed by atoms with Crippen LogP contribution in [0.25, 0.3) is 11.5 Å². The molecule has 0 unspecified atom stereocenters. The number of anilines is 1. The van der Waals surface area contributed by atoms with Crippen LogP contribution in [0.15, 0.2) is 69.6 Å². The number of nitrogens with one attached hydrogen (secondary N) is 1. The molecule has 0 radical (unpaired) electrons. The average Bonchev–Trinajstić information content (AvgIpc) is 3.38. The quantitative estimate of drug-likeness (QED) is 0.423. The summed E-state index contributed by atoms with van der Waals surface area (Å²) in [5.74, 6) is 1.03.